The molecule has 0 spiro atoms. The van der Waals surface area contributed by atoms with Gasteiger partial charge in [0.1, 0.15) is 12.7 Å². The molecule has 2 heterocycles. The topological polar surface area (TPSA) is 111 Å². The molecule has 4 N–H and O–H groups in total. The number of nitrogens with two attached hydrogens (primary N) is 1. The van der Waals surface area contributed by atoms with E-state index in [9.17, 15) is 4.79 Å². The Morgan fingerprint density at radius 3 is 2.81 bits per heavy atom. The van der Waals surface area contributed by atoms with Gasteiger partial charge in [-0.25, -0.2) is 14.5 Å². The third-order valence-electron chi connectivity index (χ3n) is 5.17. The minimum Gasteiger partial charge on any atom is -0.381 e. The molecule has 1 unspecified atom stereocenters. The van der Waals surface area contributed by atoms with Crippen LogP contribution in [0.1, 0.15) is 35.3 Å². The standard InChI is InChI=1S/C23H25N7O/c1-15-6-20(8-19-9-22(27-11-21(15)19)16(2)29-23(24)31)26-10-17-4-3-5-18(7-17)12-30-14-25-13-28-30/h3-9,11,13-14,16,26H,10,12H2,1-2H3,(H3,24,29,31). The van der Waals surface area contributed by atoms with Crippen molar-refractivity contribution in [1.82, 2.24) is 25.1 Å². The third kappa shape index (κ3) is 4.98. The summed E-state index contributed by atoms with van der Waals surface area (Å²) in [5.74, 6) is 0. The van der Waals surface area contributed by atoms with Crippen molar-refractivity contribution in [3.63, 3.8) is 0 Å². The second-order valence-corrected chi connectivity index (χ2v) is 7.62. The van der Waals surface area contributed by atoms with Crippen molar-refractivity contribution in [3.8, 4) is 0 Å². The van der Waals surface area contributed by atoms with Crippen molar-refractivity contribution in [2.75, 3.05) is 5.32 Å². The average Bonchev–Trinajstić information content (AvgIpc) is 3.25. The molecule has 8 nitrogen and oxygen atoms in total. The number of urea groups is 1. The fraction of sp³-hybridized carbons (Fsp3) is 0.217. The maximum Gasteiger partial charge on any atom is 0.312 e. The van der Waals surface area contributed by atoms with Gasteiger partial charge in [-0.3, -0.25) is 4.98 Å². The number of anilines is 1. The van der Waals surface area contributed by atoms with E-state index < -0.39 is 6.03 Å². The molecule has 0 bridgehead atoms. The fourth-order valence-electron chi connectivity index (χ4n) is 3.63. The molecular weight excluding hydrogens is 390 g/mol. The average molecular weight is 416 g/mol. The highest BCUT2D eigenvalue weighted by Crippen LogP contribution is 2.25. The number of benzene rings is 2. The zero-order valence-corrected chi connectivity index (χ0v) is 17.5. The zero-order chi connectivity index (χ0) is 21.8. The molecule has 0 aliphatic rings. The third-order valence-corrected chi connectivity index (χ3v) is 5.17. The van der Waals surface area contributed by atoms with E-state index in [0.29, 0.717) is 13.1 Å². The van der Waals surface area contributed by atoms with Crippen LogP contribution in [0.3, 0.4) is 0 Å². The van der Waals surface area contributed by atoms with Gasteiger partial charge >= 0.3 is 6.03 Å². The number of fused-ring (bicyclic) bond motifs is 1. The molecule has 0 fully saturated rings. The number of nitrogens with zero attached hydrogens (tertiary/aromatic N) is 4. The van der Waals surface area contributed by atoms with Crippen LogP contribution in [0, 0.1) is 6.92 Å². The van der Waals surface area contributed by atoms with Gasteiger partial charge in [0.2, 0.25) is 0 Å². The molecular formula is C23H25N7O. The predicted molar refractivity (Wildman–Crippen MR) is 121 cm³/mol. The van der Waals surface area contributed by atoms with E-state index in [0.717, 1.165) is 27.7 Å². The Morgan fingerprint density at radius 1 is 1.19 bits per heavy atom. The number of amides is 2. The number of hydrogen-bond acceptors (Lipinski definition) is 5. The van der Waals surface area contributed by atoms with E-state index in [1.165, 1.54) is 11.1 Å². The van der Waals surface area contributed by atoms with Crippen LogP contribution in [0.4, 0.5) is 10.5 Å². The predicted octanol–water partition coefficient (Wildman–Crippen LogP) is 3.52. The summed E-state index contributed by atoms with van der Waals surface area (Å²) in [5.41, 5.74) is 10.5. The van der Waals surface area contributed by atoms with E-state index in [-0.39, 0.29) is 6.04 Å². The van der Waals surface area contributed by atoms with Crippen molar-refractivity contribution >= 4 is 22.5 Å². The van der Waals surface area contributed by atoms with Crippen LogP contribution in [-0.4, -0.2) is 25.8 Å². The molecule has 2 amide bonds. The monoisotopic (exact) mass is 415 g/mol. The van der Waals surface area contributed by atoms with Crippen molar-refractivity contribution < 1.29 is 4.79 Å². The van der Waals surface area contributed by atoms with Gasteiger partial charge in [-0.15, -0.1) is 0 Å². The number of primary amides is 1. The Bertz CT molecular complexity index is 1200. The Morgan fingerprint density at radius 2 is 2.03 bits per heavy atom. The van der Waals surface area contributed by atoms with Gasteiger partial charge in [0.15, 0.2) is 0 Å². The number of aryl methyl sites for hydroxylation is 1. The molecule has 31 heavy (non-hydrogen) atoms. The normalized spacial score (nSPS) is 11.9. The van der Waals surface area contributed by atoms with Gasteiger partial charge < -0.3 is 16.4 Å². The highest BCUT2D eigenvalue weighted by molar-refractivity contribution is 5.88. The lowest BCUT2D eigenvalue weighted by Gasteiger charge is -2.14. The first-order valence-electron chi connectivity index (χ1n) is 10.1. The van der Waals surface area contributed by atoms with Crippen LogP contribution in [0.2, 0.25) is 0 Å². The summed E-state index contributed by atoms with van der Waals surface area (Å²) in [6, 6.07) is 13.8. The summed E-state index contributed by atoms with van der Waals surface area (Å²) in [6.45, 7) is 5.32. The Balaban J connectivity index is 1.51. The highest BCUT2D eigenvalue weighted by Gasteiger charge is 2.11. The number of aromatic nitrogens is 4. The Kier molecular flexibility index (Phi) is 5.79. The Labute approximate surface area is 180 Å². The first-order valence-corrected chi connectivity index (χ1v) is 10.1. The van der Waals surface area contributed by atoms with Gasteiger partial charge in [0, 0.05) is 23.8 Å². The molecule has 0 aliphatic carbocycles. The number of rotatable bonds is 7. The van der Waals surface area contributed by atoms with Gasteiger partial charge in [0.25, 0.3) is 0 Å². The van der Waals surface area contributed by atoms with Gasteiger partial charge in [-0.1, -0.05) is 24.3 Å². The van der Waals surface area contributed by atoms with Crippen LogP contribution in [-0.2, 0) is 13.1 Å². The van der Waals surface area contributed by atoms with Crippen LogP contribution >= 0.6 is 0 Å². The summed E-state index contributed by atoms with van der Waals surface area (Å²) < 4.78 is 1.80. The minimum absolute atomic E-state index is 0.258. The van der Waals surface area contributed by atoms with E-state index in [4.69, 9.17) is 5.73 Å². The smallest absolute Gasteiger partial charge is 0.312 e. The molecule has 158 valence electrons. The molecule has 2 aromatic heterocycles. The number of carbonyl (C=O) groups excluding carboxylic acids is 1. The first kappa shape index (κ1) is 20.3. The number of pyridine rings is 1. The molecule has 0 saturated carbocycles. The molecule has 0 aliphatic heterocycles. The van der Waals surface area contributed by atoms with Crippen LogP contribution < -0.4 is 16.4 Å². The minimum atomic E-state index is -0.563. The summed E-state index contributed by atoms with van der Waals surface area (Å²) in [5, 5.41) is 12.5. The van der Waals surface area contributed by atoms with Crippen LogP contribution in [0.25, 0.3) is 10.8 Å². The molecule has 2 aromatic carbocycles. The second-order valence-electron chi connectivity index (χ2n) is 7.62. The summed E-state index contributed by atoms with van der Waals surface area (Å²) in [4.78, 5) is 19.6. The van der Waals surface area contributed by atoms with Crippen LogP contribution in [0.15, 0.2) is 61.3 Å². The van der Waals surface area contributed by atoms with Crippen molar-refractivity contribution in [1.29, 1.82) is 0 Å². The second kappa shape index (κ2) is 8.83. The lowest BCUT2D eigenvalue weighted by Crippen LogP contribution is -2.32. The van der Waals surface area contributed by atoms with Crippen molar-refractivity contribution in [2.24, 2.45) is 5.73 Å². The number of hydrogen-bond donors (Lipinski definition) is 3. The molecule has 0 saturated heterocycles. The first-order chi connectivity index (χ1) is 15.0. The van der Waals surface area contributed by atoms with Crippen molar-refractivity contribution in [3.05, 3.63) is 83.7 Å². The maximum atomic E-state index is 11.2. The fourth-order valence-corrected chi connectivity index (χ4v) is 3.63. The summed E-state index contributed by atoms with van der Waals surface area (Å²) in [7, 11) is 0. The molecule has 1 atom stereocenters. The number of carbonyl (C=O) groups is 1. The van der Waals surface area contributed by atoms with E-state index in [1.807, 2.05) is 19.2 Å². The molecule has 4 aromatic rings. The lowest BCUT2D eigenvalue weighted by atomic mass is 10.0. The zero-order valence-electron chi connectivity index (χ0n) is 17.5. The van der Waals surface area contributed by atoms with Crippen LogP contribution in [0.5, 0.6) is 0 Å². The van der Waals surface area contributed by atoms with Gasteiger partial charge in [-0.05, 0) is 54.1 Å². The maximum absolute atomic E-state index is 11.2. The van der Waals surface area contributed by atoms with E-state index in [1.54, 1.807) is 17.3 Å². The molecule has 8 heteroatoms. The number of nitrogens with one attached hydrogen (secondary N) is 2. The van der Waals surface area contributed by atoms with E-state index in [2.05, 4.69) is 69.0 Å². The SMILES string of the molecule is Cc1cc(NCc2cccc(Cn3cncn3)c2)cc2cc(C(C)NC(N)=O)ncc12. The Hall–Kier alpha value is -3.94. The highest BCUT2D eigenvalue weighted by atomic mass is 16.2. The van der Waals surface area contributed by atoms with Gasteiger partial charge in [0.05, 0.1) is 18.3 Å². The summed E-state index contributed by atoms with van der Waals surface area (Å²) >= 11 is 0. The summed E-state index contributed by atoms with van der Waals surface area (Å²) in [6.07, 6.45) is 5.10. The quantitative estimate of drug-likeness (QED) is 0.428. The van der Waals surface area contributed by atoms with E-state index >= 15 is 0 Å². The lowest BCUT2D eigenvalue weighted by molar-refractivity contribution is 0.246. The molecule has 0 radical (unpaired) electrons. The largest absolute Gasteiger partial charge is 0.381 e. The van der Waals surface area contributed by atoms with Crippen molar-refractivity contribution in [2.45, 2.75) is 33.0 Å². The van der Waals surface area contributed by atoms with Gasteiger partial charge in [-0.2, -0.15) is 5.10 Å². The molecule has 4 rings (SSSR count).